The van der Waals surface area contributed by atoms with Crippen molar-refractivity contribution in [3.8, 4) is 17.2 Å². The van der Waals surface area contributed by atoms with E-state index in [1.165, 1.54) is 5.56 Å². The summed E-state index contributed by atoms with van der Waals surface area (Å²) in [6.45, 7) is 1.83. The summed E-state index contributed by atoms with van der Waals surface area (Å²) in [6.07, 6.45) is 0.921. The smallest absolute Gasteiger partial charge is 0.166 e. The van der Waals surface area contributed by atoms with Gasteiger partial charge in [-0.25, -0.2) is 0 Å². The van der Waals surface area contributed by atoms with Crippen molar-refractivity contribution in [2.75, 3.05) is 20.8 Å². The predicted molar refractivity (Wildman–Crippen MR) is 129 cm³/mol. The molecule has 3 aromatic carbocycles. The van der Waals surface area contributed by atoms with E-state index in [0.717, 1.165) is 29.8 Å². The quantitative estimate of drug-likeness (QED) is 0.342. The molecule has 0 aromatic heterocycles. The van der Waals surface area contributed by atoms with Gasteiger partial charge < -0.3 is 19.5 Å². The van der Waals surface area contributed by atoms with Gasteiger partial charge in [-0.15, -0.1) is 12.4 Å². The zero-order valence-electron chi connectivity index (χ0n) is 17.5. The normalized spacial score (nSPS) is 10.3. The second-order valence-electron chi connectivity index (χ2n) is 6.75. The molecule has 0 atom stereocenters. The number of ether oxygens (including phenoxy) is 3. The summed E-state index contributed by atoms with van der Waals surface area (Å²) >= 11 is 12.3. The highest BCUT2D eigenvalue weighted by molar-refractivity contribution is 6.35. The van der Waals surface area contributed by atoms with Crippen LogP contribution in [0.15, 0.2) is 60.7 Å². The third-order valence-electron chi connectivity index (χ3n) is 4.73. The molecule has 0 saturated heterocycles. The average molecular weight is 483 g/mol. The number of benzene rings is 3. The van der Waals surface area contributed by atoms with Crippen molar-refractivity contribution in [2.24, 2.45) is 0 Å². The number of hydrogen-bond donors (Lipinski definition) is 1. The molecule has 166 valence electrons. The molecule has 3 rings (SSSR count). The van der Waals surface area contributed by atoms with Gasteiger partial charge in [0.1, 0.15) is 12.4 Å². The zero-order chi connectivity index (χ0) is 21.3. The van der Waals surface area contributed by atoms with Gasteiger partial charge in [-0.1, -0.05) is 53.5 Å². The van der Waals surface area contributed by atoms with E-state index in [1.54, 1.807) is 26.4 Å². The fourth-order valence-corrected chi connectivity index (χ4v) is 3.52. The Morgan fingerprint density at radius 2 is 1.65 bits per heavy atom. The van der Waals surface area contributed by atoms with Crippen LogP contribution >= 0.6 is 35.6 Å². The highest BCUT2D eigenvalue weighted by Gasteiger charge is 2.12. The largest absolute Gasteiger partial charge is 0.497 e. The molecule has 0 aliphatic heterocycles. The molecule has 0 amide bonds. The maximum absolute atomic E-state index is 6.27. The molecule has 0 radical (unpaired) electrons. The second kappa shape index (κ2) is 12.7. The van der Waals surface area contributed by atoms with Crippen LogP contribution in [0.2, 0.25) is 10.0 Å². The SMILES string of the molecule is COc1ccc(CCNCc2cccc(OC)c2OCc2ccc(Cl)cc2Cl)cc1.Cl. The van der Waals surface area contributed by atoms with Gasteiger partial charge in [-0.05, 0) is 48.9 Å². The van der Waals surface area contributed by atoms with Crippen LogP contribution in [0.3, 0.4) is 0 Å². The molecule has 3 aromatic rings. The lowest BCUT2D eigenvalue weighted by molar-refractivity contribution is 0.281. The molecule has 31 heavy (non-hydrogen) atoms. The third-order valence-corrected chi connectivity index (χ3v) is 5.32. The van der Waals surface area contributed by atoms with Crippen LogP contribution < -0.4 is 19.5 Å². The van der Waals surface area contributed by atoms with Gasteiger partial charge in [0, 0.05) is 27.7 Å². The van der Waals surface area contributed by atoms with Gasteiger partial charge in [0.05, 0.1) is 14.2 Å². The topological polar surface area (TPSA) is 39.7 Å². The summed E-state index contributed by atoms with van der Waals surface area (Å²) in [5.41, 5.74) is 3.14. The molecule has 7 heteroatoms. The van der Waals surface area contributed by atoms with Crippen LogP contribution in [0.5, 0.6) is 17.2 Å². The van der Waals surface area contributed by atoms with Gasteiger partial charge in [-0.3, -0.25) is 0 Å². The minimum Gasteiger partial charge on any atom is -0.497 e. The summed E-state index contributed by atoms with van der Waals surface area (Å²) in [4.78, 5) is 0. The van der Waals surface area contributed by atoms with Crippen molar-refractivity contribution in [3.05, 3.63) is 87.4 Å². The van der Waals surface area contributed by atoms with E-state index in [1.807, 2.05) is 36.4 Å². The fourth-order valence-electron chi connectivity index (χ4n) is 3.06. The van der Waals surface area contributed by atoms with E-state index in [2.05, 4.69) is 17.4 Å². The molecule has 0 fully saturated rings. The van der Waals surface area contributed by atoms with Crippen LogP contribution in [-0.2, 0) is 19.6 Å². The first kappa shape index (κ1) is 25.2. The lowest BCUT2D eigenvalue weighted by Gasteiger charge is -2.16. The van der Waals surface area contributed by atoms with Crippen molar-refractivity contribution in [1.82, 2.24) is 5.32 Å². The van der Waals surface area contributed by atoms with Gasteiger partial charge in [0.15, 0.2) is 11.5 Å². The predicted octanol–water partition coefficient (Wildman–Crippen LogP) is 6.34. The van der Waals surface area contributed by atoms with Crippen molar-refractivity contribution in [2.45, 2.75) is 19.6 Å². The first-order chi connectivity index (χ1) is 14.6. The zero-order valence-corrected chi connectivity index (χ0v) is 19.8. The first-order valence-electron chi connectivity index (χ1n) is 9.67. The highest BCUT2D eigenvalue weighted by Crippen LogP contribution is 2.32. The van der Waals surface area contributed by atoms with Gasteiger partial charge in [0.2, 0.25) is 0 Å². The number of hydrogen-bond acceptors (Lipinski definition) is 4. The minimum absolute atomic E-state index is 0. The Bertz CT molecular complexity index is 965. The molecule has 0 saturated carbocycles. The third kappa shape index (κ3) is 7.22. The van der Waals surface area contributed by atoms with E-state index in [4.69, 9.17) is 37.4 Å². The fraction of sp³-hybridized carbons (Fsp3) is 0.250. The monoisotopic (exact) mass is 481 g/mol. The number of para-hydroxylation sites is 1. The van der Waals surface area contributed by atoms with Crippen molar-refractivity contribution in [1.29, 1.82) is 0 Å². The van der Waals surface area contributed by atoms with E-state index in [9.17, 15) is 0 Å². The number of rotatable bonds is 10. The maximum atomic E-state index is 6.27. The van der Waals surface area contributed by atoms with E-state index >= 15 is 0 Å². The van der Waals surface area contributed by atoms with Crippen LogP contribution in [-0.4, -0.2) is 20.8 Å². The molecule has 0 aliphatic carbocycles. The molecule has 1 N–H and O–H groups in total. The Hall–Kier alpha value is -2.11. The molecule has 0 bridgehead atoms. The summed E-state index contributed by atoms with van der Waals surface area (Å²) in [5, 5.41) is 4.66. The Balaban J connectivity index is 0.00000341. The number of halogens is 3. The van der Waals surface area contributed by atoms with Crippen LogP contribution in [0.1, 0.15) is 16.7 Å². The van der Waals surface area contributed by atoms with Crippen LogP contribution in [0.25, 0.3) is 0 Å². The highest BCUT2D eigenvalue weighted by atomic mass is 35.5. The molecular weight excluding hydrogens is 457 g/mol. The summed E-state index contributed by atoms with van der Waals surface area (Å²) in [7, 11) is 3.31. The van der Waals surface area contributed by atoms with Crippen molar-refractivity contribution in [3.63, 3.8) is 0 Å². The van der Waals surface area contributed by atoms with Gasteiger partial charge in [0.25, 0.3) is 0 Å². The molecule has 0 aliphatic rings. The van der Waals surface area contributed by atoms with E-state index < -0.39 is 0 Å². The van der Waals surface area contributed by atoms with Crippen molar-refractivity contribution < 1.29 is 14.2 Å². The summed E-state index contributed by atoms with van der Waals surface area (Å²) < 4.78 is 16.8. The van der Waals surface area contributed by atoms with Gasteiger partial charge >= 0.3 is 0 Å². The Labute approximate surface area is 199 Å². The minimum atomic E-state index is 0. The lowest BCUT2D eigenvalue weighted by Crippen LogP contribution is -2.17. The molecular formula is C24H26Cl3NO3. The number of methoxy groups -OCH3 is 2. The second-order valence-corrected chi connectivity index (χ2v) is 7.59. The first-order valence-corrected chi connectivity index (χ1v) is 10.4. The Morgan fingerprint density at radius 1 is 0.871 bits per heavy atom. The molecule has 0 unspecified atom stereocenters. The summed E-state index contributed by atoms with van der Waals surface area (Å²) in [6, 6.07) is 19.4. The molecule has 0 spiro atoms. The molecule has 0 heterocycles. The van der Waals surface area contributed by atoms with Crippen molar-refractivity contribution >= 4 is 35.6 Å². The lowest BCUT2D eigenvalue weighted by atomic mass is 10.1. The maximum Gasteiger partial charge on any atom is 0.166 e. The van der Waals surface area contributed by atoms with Crippen LogP contribution in [0.4, 0.5) is 0 Å². The molecule has 4 nitrogen and oxygen atoms in total. The van der Waals surface area contributed by atoms with Crippen LogP contribution in [0, 0.1) is 0 Å². The van der Waals surface area contributed by atoms with E-state index in [0.29, 0.717) is 34.7 Å². The summed E-state index contributed by atoms with van der Waals surface area (Å²) in [5.74, 6) is 2.27. The Morgan fingerprint density at radius 3 is 2.32 bits per heavy atom. The van der Waals surface area contributed by atoms with E-state index in [-0.39, 0.29) is 12.4 Å². The van der Waals surface area contributed by atoms with Gasteiger partial charge in [-0.2, -0.15) is 0 Å². The standard InChI is InChI=1S/C24H25Cl2NO3.ClH/c1-28-21-10-6-17(7-11-21)12-13-27-15-18-4-3-5-23(29-2)24(18)30-16-19-8-9-20(25)14-22(19)26;/h3-11,14,27H,12-13,15-16H2,1-2H3;1H. The average Bonchev–Trinajstić information content (AvgIpc) is 2.76. The Kier molecular flexibility index (Phi) is 10.3. The number of nitrogens with one attached hydrogen (secondary N) is 1.